The van der Waals surface area contributed by atoms with Crippen LogP contribution in [-0.2, 0) is 0 Å². The molecule has 1 aliphatic heterocycles. The van der Waals surface area contributed by atoms with Crippen molar-refractivity contribution in [3.63, 3.8) is 0 Å². The molecule has 1 saturated heterocycles. The number of amides is 2. The highest BCUT2D eigenvalue weighted by atomic mass is 16.2. The zero-order chi connectivity index (χ0) is 8.60. The Balaban J connectivity index is 1.89. The average Bonchev–Trinajstić information content (AvgIpc) is 2.34. The highest BCUT2D eigenvalue weighted by Gasteiger charge is 2.35. The maximum atomic E-state index is 11.2. The Bertz CT molecular complexity index is 199. The standard InChI is InChI=1S/C9H16N2O/c1-9(3-2-4-9)7-11-6-5-10-8(11)12/h2-7H2,1H3,(H,10,12). The minimum Gasteiger partial charge on any atom is -0.336 e. The fourth-order valence-electron chi connectivity index (χ4n) is 2.06. The van der Waals surface area contributed by atoms with E-state index in [1.165, 1.54) is 19.3 Å². The van der Waals surface area contributed by atoms with Gasteiger partial charge < -0.3 is 10.2 Å². The third kappa shape index (κ3) is 1.28. The van der Waals surface area contributed by atoms with Crippen molar-refractivity contribution >= 4 is 6.03 Å². The lowest BCUT2D eigenvalue weighted by Gasteiger charge is -2.40. The quantitative estimate of drug-likeness (QED) is 0.660. The number of nitrogens with zero attached hydrogens (tertiary/aromatic N) is 1. The predicted octanol–water partition coefficient (Wildman–Crippen LogP) is 1.20. The Morgan fingerprint density at radius 1 is 1.58 bits per heavy atom. The molecule has 2 amide bonds. The zero-order valence-corrected chi connectivity index (χ0v) is 7.60. The first-order chi connectivity index (χ1) is 5.70. The Morgan fingerprint density at radius 3 is 2.75 bits per heavy atom. The molecule has 2 fully saturated rings. The second kappa shape index (κ2) is 2.64. The molecule has 68 valence electrons. The fraction of sp³-hybridized carbons (Fsp3) is 0.889. The first-order valence-electron chi connectivity index (χ1n) is 4.72. The van der Waals surface area contributed by atoms with E-state index in [1.54, 1.807) is 0 Å². The second-order valence-corrected chi connectivity index (χ2v) is 4.32. The van der Waals surface area contributed by atoms with Crippen molar-refractivity contribution in [2.24, 2.45) is 5.41 Å². The van der Waals surface area contributed by atoms with Crippen LogP contribution in [-0.4, -0.2) is 30.6 Å². The van der Waals surface area contributed by atoms with Gasteiger partial charge in [0.1, 0.15) is 0 Å². The molecule has 0 bridgehead atoms. The molecule has 3 nitrogen and oxygen atoms in total. The summed E-state index contributed by atoms with van der Waals surface area (Å²) < 4.78 is 0. The van der Waals surface area contributed by atoms with E-state index in [-0.39, 0.29) is 6.03 Å². The van der Waals surface area contributed by atoms with E-state index in [0.717, 1.165) is 19.6 Å². The number of carbonyl (C=O) groups is 1. The van der Waals surface area contributed by atoms with E-state index in [0.29, 0.717) is 5.41 Å². The van der Waals surface area contributed by atoms with Crippen LogP contribution in [0.3, 0.4) is 0 Å². The lowest BCUT2D eigenvalue weighted by Crippen LogP contribution is -2.41. The Morgan fingerprint density at radius 2 is 2.33 bits per heavy atom. The normalized spacial score (nSPS) is 26.8. The van der Waals surface area contributed by atoms with Crippen LogP contribution in [0.2, 0.25) is 0 Å². The Kier molecular flexibility index (Phi) is 1.74. The van der Waals surface area contributed by atoms with Crippen molar-refractivity contribution in [1.29, 1.82) is 0 Å². The van der Waals surface area contributed by atoms with E-state index in [9.17, 15) is 4.79 Å². The van der Waals surface area contributed by atoms with Crippen LogP contribution in [0.1, 0.15) is 26.2 Å². The van der Waals surface area contributed by atoms with Crippen LogP contribution < -0.4 is 5.32 Å². The molecular formula is C9H16N2O. The molecule has 1 heterocycles. The minimum absolute atomic E-state index is 0.128. The van der Waals surface area contributed by atoms with Crippen molar-refractivity contribution in [3.8, 4) is 0 Å². The lowest BCUT2D eigenvalue weighted by atomic mass is 9.70. The molecule has 1 N–H and O–H groups in total. The monoisotopic (exact) mass is 168 g/mol. The Hall–Kier alpha value is -0.730. The van der Waals surface area contributed by atoms with Crippen LogP contribution in [0, 0.1) is 5.41 Å². The molecule has 0 aromatic rings. The molecule has 0 atom stereocenters. The van der Waals surface area contributed by atoms with Gasteiger partial charge >= 0.3 is 6.03 Å². The van der Waals surface area contributed by atoms with Gasteiger partial charge in [-0.25, -0.2) is 4.79 Å². The largest absolute Gasteiger partial charge is 0.336 e. The highest BCUT2D eigenvalue weighted by molar-refractivity contribution is 5.76. The molecule has 1 saturated carbocycles. The van der Waals surface area contributed by atoms with Crippen LogP contribution in [0.25, 0.3) is 0 Å². The van der Waals surface area contributed by atoms with Crippen molar-refractivity contribution in [3.05, 3.63) is 0 Å². The number of carbonyl (C=O) groups excluding carboxylic acids is 1. The van der Waals surface area contributed by atoms with Crippen LogP contribution in [0.4, 0.5) is 4.79 Å². The van der Waals surface area contributed by atoms with Crippen LogP contribution in [0.15, 0.2) is 0 Å². The van der Waals surface area contributed by atoms with E-state index < -0.39 is 0 Å². The molecule has 1 aliphatic carbocycles. The fourth-order valence-corrected chi connectivity index (χ4v) is 2.06. The van der Waals surface area contributed by atoms with Gasteiger partial charge in [0.15, 0.2) is 0 Å². The predicted molar refractivity (Wildman–Crippen MR) is 46.9 cm³/mol. The number of hydrogen-bond acceptors (Lipinski definition) is 1. The van der Waals surface area contributed by atoms with E-state index in [2.05, 4.69) is 12.2 Å². The zero-order valence-electron chi connectivity index (χ0n) is 7.60. The van der Waals surface area contributed by atoms with Gasteiger partial charge in [-0.15, -0.1) is 0 Å². The Labute approximate surface area is 73.1 Å². The van der Waals surface area contributed by atoms with Gasteiger partial charge in [-0.3, -0.25) is 0 Å². The summed E-state index contributed by atoms with van der Waals surface area (Å²) in [6.45, 7) is 4.96. The van der Waals surface area contributed by atoms with Crippen molar-refractivity contribution < 1.29 is 4.79 Å². The number of urea groups is 1. The number of rotatable bonds is 2. The van der Waals surface area contributed by atoms with Crippen molar-refractivity contribution in [2.75, 3.05) is 19.6 Å². The summed E-state index contributed by atoms with van der Waals surface area (Å²) in [6.07, 6.45) is 3.92. The summed E-state index contributed by atoms with van der Waals surface area (Å²) in [4.78, 5) is 13.2. The van der Waals surface area contributed by atoms with E-state index in [1.807, 2.05) is 4.90 Å². The summed E-state index contributed by atoms with van der Waals surface area (Å²) in [6, 6.07) is 0.128. The number of hydrogen-bond donors (Lipinski definition) is 1. The summed E-state index contributed by atoms with van der Waals surface area (Å²) in [5.41, 5.74) is 0.432. The third-order valence-electron chi connectivity index (χ3n) is 3.08. The molecule has 0 aromatic heterocycles. The lowest BCUT2D eigenvalue weighted by molar-refractivity contribution is 0.109. The van der Waals surface area contributed by atoms with Gasteiger partial charge in [-0.05, 0) is 18.3 Å². The molecule has 0 unspecified atom stereocenters. The second-order valence-electron chi connectivity index (χ2n) is 4.32. The van der Waals surface area contributed by atoms with Gasteiger partial charge in [0, 0.05) is 19.6 Å². The first-order valence-corrected chi connectivity index (χ1v) is 4.72. The smallest absolute Gasteiger partial charge is 0.317 e. The molecule has 0 radical (unpaired) electrons. The summed E-state index contributed by atoms with van der Waals surface area (Å²) in [7, 11) is 0. The minimum atomic E-state index is 0.128. The molecular weight excluding hydrogens is 152 g/mol. The summed E-state index contributed by atoms with van der Waals surface area (Å²) >= 11 is 0. The van der Waals surface area contributed by atoms with Gasteiger partial charge in [0.05, 0.1) is 0 Å². The SMILES string of the molecule is CC1(CN2CCNC2=O)CCC1. The molecule has 2 rings (SSSR count). The van der Waals surface area contributed by atoms with Gasteiger partial charge in [0.2, 0.25) is 0 Å². The van der Waals surface area contributed by atoms with Crippen LogP contribution in [0.5, 0.6) is 0 Å². The summed E-state index contributed by atoms with van der Waals surface area (Å²) in [5, 5.41) is 2.83. The van der Waals surface area contributed by atoms with Crippen molar-refractivity contribution in [2.45, 2.75) is 26.2 Å². The maximum absolute atomic E-state index is 11.2. The van der Waals surface area contributed by atoms with Crippen molar-refractivity contribution in [1.82, 2.24) is 10.2 Å². The summed E-state index contributed by atoms with van der Waals surface area (Å²) in [5.74, 6) is 0. The third-order valence-corrected chi connectivity index (χ3v) is 3.08. The van der Waals surface area contributed by atoms with Crippen LogP contribution >= 0.6 is 0 Å². The molecule has 3 heteroatoms. The highest BCUT2D eigenvalue weighted by Crippen LogP contribution is 2.40. The molecule has 0 spiro atoms. The van der Waals surface area contributed by atoms with Gasteiger partial charge in [-0.1, -0.05) is 13.3 Å². The molecule has 2 aliphatic rings. The number of nitrogens with one attached hydrogen (secondary N) is 1. The van der Waals surface area contributed by atoms with Gasteiger partial charge in [-0.2, -0.15) is 0 Å². The van der Waals surface area contributed by atoms with E-state index >= 15 is 0 Å². The topological polar surface area (TPSA) is 32.3 Å². The van der Waals surface area contributed by atoms with E-state index in [4.69, 9.17) is 0 Å². The first kappa shape index (κ1) is 7.90. The average molecular weight is 168 g/mol. The maximum Gasteiger partial charge on any atom is 0.317 e. The molecule has 12 heavy (non-hydrogen) atoms. The van der Waals surface area contributed by atoms with Gasteiger partial charge in [0.25, 0.3) is 0 Å². The molecule has 0 aromatic carbocycles.